The summed E-state index contributed by atoms with van der Waals surface area (Å²) in [6, 6.07) is 3.50. The highest BCUT2D eigenvalue weighted by molar-refractivity contribution is 5.86. The topological polar surface area (TPSA) is 73.7 Å². The molecule has 1 saturated heterocycles. The lowest BCUT2D eigenvalue weighted by Gasteiger charge is -2.35. The molecule has 0 spiro atoms. The minimum absolute atomic E-state index is 0.211. The smallest absolute Gasteiger partial charge is 0.329 e. The predicted octanol–water partition coefficient (Wildman–Crippen LogP) is 1.96. The summed E-state index contributed by atoms with van der Waals surface area (Å²) >= 11 is 0. The summed E-state index contributed by atoms with van der Waals surface area (Å²) in [4.78, 5) is 31.3. The summed E-state index contributed by atoms with van der Waals surface area (Å²) in [5, 5.41) is 9.42. The Balaban J connectivity index is 2.15. The minimum Gasteiger partial charge on any atom is -0.480 e. The van der Waals surface area contributed by atoms with E-state index in [1.807, 2.05) is 19.1 Å². The molecule has 1 aliphatic heterocycles. The van der Waals surface area contributed by atoms with E-state index < -0.39 is 11.5 Å². The summed E-state index contributed by atoms with van der Waals surface area (Å²) < 4.78 is 0. The second-order valence-electron chi connectivity index (χ2n) is 5.49. The molecule has 0 saturated carbocycles. The molecule has 1 atom stereocenters. The number of aliphatic carboxylic acids is 1. The van der Waals surface area contributed by atoms with Crippen molar-refractivity contribution in [3.05, 3.63) is 30.1 Å². The maximum Gasteiger partial charge on any atom is 0.329 e. The Hall–Kier alpha value is -2.11. The van der Waals surface area contributed by atoms with Crippen molar-refractivity contribution in [2.75, 3.05) is 13.1 Å². The van der Waals surface area contributed by atoms with Crippen molar-refractivity contribution >= 4 is 12.0 Å². The van der Waals surface area contributed by atoms with Crippen LogP contribution in [0.5, 0.6) is 0 Å². The molecule has 2 rings (SSSR count). The molecule has 1 aromatic heterocycles. The van der Waals surface area contributed by atoms with Gasteiger partial charge in [0.1, 0.15) is 5.54 Å². The minimum atomic E-state index is -1.09. The van der Waals surface area contributed by atoms with Gasteiger partial charge in [-0.2, -0.15) is 0 Å². The van der Waals surface area contributed by atoms with Crippen LogP contribution in [0.25, 0.3) is 0 Å². The Bertz CT molecular complexity index is 520. The van der Waals surface area contributed by atoms with Gasteiger partial charge in [0.25, 0.3) is 0 Å². The van der Waals surface area contributed by atoms with Gasteiger partial charge in [0.2, 0.25) is 0 Å². The number of urea groups is 1. The van der Waals surface area contributed by atoms with Crippen LogP contribution >= 0.6 is 0 Å². The van der Waals surface area contributed by atoms with Crippen molar-refractivity contribution in [3.8, 4) is 0 Å². The third-order valence-corrected chi connectivity index (χ3v) is 4.11. The number of pyridine rings is 1. The number of nitrogens with zero attached hydrogens (tertiary/aromatic N) is 3. The average Bonchev–Trinajstić information content (AvgIpc) is 2.88. The van der Waals surface area contributed by atoms with Gasteiger partial charge in [-0.3, -0.25) is 4.98 Å². The zero-order chi connectivity index (χ0) is 15.5. The molecule has 0 aliphatic carbocycles. The number of carbonyl (C=O) groups is 2. The van der Waals surface area contributed by atoms with Gasteiger partial charge in [0, 0.05) is 32.0 Å². The number of likely N-dealkylation sites (tertiary alicyclic amines) is 1. The average molecular weight is 291 g/mol. The van der Waals surface area contributed by atoms with Crippen molar-refractivity contribution in [3.63, 3.8) is 0 Å². The molecule has 114 valence electrons. The van der Waals surface area contributed by atoms with Crippen molar-refractivity contribution < 1.29 is 14.7 Å². The van der Waals surface area contributed by atoms with Crippen LogP contribution in [0.2, 0.25) is 0 Å². The number of amides is 2. The second-order valence-corrected chi connectivity index (χ2v) is 5.49. The molecular weight excluding hydrogens is 270 g/mol. The molecule has 21 heavy (non-hydrogen) atoms. The molecule has 2 amide bonds. The highest BCUT2D eigenvalue weighted by atomic mass is 16.4. The highest BCUT2D eigenvalue weighted by Gasteiger charge is 2.46. The van der Waals surface area contributed by atoms with E-state index in [-0.39, 0.29) is 6.03 Å². The molecule has 1 fully saturated rings. The first-order valence-electron chi connectivity index (χ1n) is 7.18. The van der Waals surface area contributed by atoms with Gasteiger partial charge in [-0.15, -0.1) is 0 Å². The lowest BCUT2D eigenvalue weighted by molar-refractivity contribution is -0.147. The third kappa shape index (κ3) is 2.99. The second kappa shape index (κ2) is 6.11. The van der Waals surface area contributed by atoms with Gasteiger partial charge in [0.05, 0.1) is 0 Å². The molecule has 1 unspecified atom stereocenters. The van der Waals surface area contributed by atoms with Crippen LogP contribution in [0.4, 0.5) is 4.79 Å². The van der Waals surface area contributed by atoms with Crippen LogP contribution in [0.1, 0.15) is 32.3 Å². The lowest BCUT2D eigenvalue weighted by atomic mass is 10.00. The number of rotatable bonds is 4. The molecule has 1 N–H and O–H groups in total. The number of hydrogen-bond acceptors (Lipinski definition) is 3. The molecule has 6 nitrogen and oxygen atoms in total. The maximum atomic E-state index is 12.7. The molecule has 0 aromatic carbocycles. The zero-order valence-corrected chi connectivity index (χ0v) is 12.5. The molecule has 0 bridgehead atoms. The van der Waals surface area contributed by atoms with Gasteiger partial charge in [0.15, 0.2) is 0 Å². The van der Waals surface area contributed by atoms with Crippen LogP contribution in [-0.4, -0.2) is 50.5 Å². The highest BCUT2D eigenvalue weighted by Crippen LogP contribution is 2.30. The fourth-order valence-corrected chi connectivity index (χ4v) is 2.69. The van der Waals surface area contributed by atoms with Crippen LogP contribution < -0.4 is 0 Å². The van der Waals surface area contributed by atoms with Crippen LogP contribution in [-0.2, 0) is 11.3 Å². The molecule has 6 heteroatoms. The van der Waals surface area contributed by atoms with Gasteiger partial charge >= 0.3 is 12.0 Å². The van der Waals surface area contributed by atoms with Gasteiger partial charge in [-0.05, 0) is 44.4 Å². The third-order valence-electron chi connectivity index (χ3n) is 4.11. The number of hydrogen-bond donors (Lipinski definition) is 1. The number of carboxylic acid groups (broad SMARTS) is 1. The van der Waals surface area contributed by atoms with Crippen LogP contribution in [0.3, 0.4) is 0 Å². The first-order chi connectivity index (χ1) is 9.99. The Morgan fingerprint density at radius 2 is 2.10 bits per heavy atom. The fraction of sp³-hybridized carbons (Fsp3) is 0.533. The summed E-state index contributed by atoms with van der Waals surface area (Å²) in [5.74, 6) is -0.937. The summed E-state index contributed by atoms with van der Waals surface area (Å²) in [5.41, 5.74) is -0.112. The molecule has 2 heterocycles. The van der Waals surface area contributed by atoms with Gasteiger partial charge < -0.3 is 14.9 Å². The van der Waals surface area contributed by atoms with Crippen molar-refractivity contribution in [1.29, 1.82) is 0 Å². The van der Waals surface area contributed by atoms with Crippen molar-refractivity contribution in [2.45, 2.75) is 38.8 Å². The Morgan fingerprint density at radius 3 is 2.67 bits per heavy atom. The van der Waals surface area contributed by atoms with E-state index in [0.29, 0.717) is 26.1 Å². The molecule has 1 aromatic rings. The largest absolute Gasteiger partial charge is 0.480 e. The van der Waals surface area contributed by atoms with E-state index in [4.69, 9.17) is 0 Å². The number of carboxylic acids is 1. The number of aromatic nitrogens is 1. The van der Waals surface area contributed by atoms with Crippen molar-refractivity contribution in [1.82, 2.24) is 14.8 Å². The maximum absolute atomic E-state index is 12.7. The Kier molecular flexibility index (Phi) is 4.45. The lowest BCUT2D eigenvalue weighted by Crippen LogP contribution is -2.54. The molecular formula is C15H21N3O3. The first kappa shape index (κ1) is 15.3. The summed E-state index contributed by atoms with van der Waals surface area (Å²) in [6.45, 7) is 5.01. The monoisotopic (exact) mass is 291 g/mol. The quantitative estimate of drug-likeness (QED) is 0.920. The fourth-order valence-electron chi connectivity index (χ4n) is 2.69. The normalized spacial score (nSPS) is 21.3. The summed E-state index contributed by atoms with van der Waals surface area (Å²) in [6.07, 6.45) is 4.60. The summed E-state index contributed by atoms with van der Waals surface area (Å²) in [7, 11) is 0. The van der Waals surface area contributed by atoms with E-state index in [2.05, 4.69) is 4.98 Å². The van der Waals surface area contributed by atoms with Gasteiger partial charge in [-0.25, -0.2) is 9.59 Å². The van der Waals surface area contributed by atoms with E-state index >= 15 is 0 Å². The van der Waals surface area contributed by atoms with E-state index in [9.17, 15) is 14.7 Å². The van der Waals surface area contributed by atoms with E-state index in [0.717, 1.165) is 12.0 Å². The van der Waals surface area contributed by atoms with E-state index in [1.165, 1.54) is 4.90 Å². The van der Waals surface area contributed by atoms with Gasteiger partial charge in [-0.1, -0.05) is 0 Å². The van der Waals surface area contributed by atoms with E-state index in [1.54, 1.807) is 24.2 Å². The SMILES string of the molecule is CCN(Cc1ccncc1)C(=O)N1CCCC1(C)C(=O)O. The Labute approximate surface area is 124 Å². The molecule has 1 aliphatic rings. The van der Waals surface area contributed by atoms with Crippen LogP contribution in [0, 0.1) is 0 Å². The zero-order valence-electron chi connectivity index (χ0n) is 12.5. The molecule has 0 radical (unpaired) electrons. The predicted molar refractivity (Wildman–Crippen MR) is 77.7 cm³/mol. The number of carbonyl (C=O) groups excluding carboxylic acids is 1. The van der Waals surface area contributed by atoms with Crippen molar-refractivity contribution in [2.24, 2.45) is 0 Å². The first-order valence-corrected chi connectivity index (χ1v) is 7.18. The Morgan fingerprint density at radius 1 is 1.43 bits per heavy atom. The standard InChI is InChI=1S/C15H21N3O3/c1-3-17(11-12-5-8-16-9-6-12)14(21)18-10-4-7-15(18,2)13(19)20/h5-6,8-9H,3-4,7,10-11H2,1-2H3,(H,19,20). The van der Waals surface area contributed by atoms with Crippen LogP contribution in [0.15, 0.2) is 24.5 Å².